The molecule has 0 fully saturated rings. The third kappa shape index (κ3) is 4.19. The van der Waals surface area contributed by atoms with Crippen molar-refractivity contribution in [2.45, 2.75) is 13.3 Å². The molecule has 102 valence electrons. The van der Waals surface area contributed by atoms with Gasteiger partial charge in [-0.1, -0.05) is 6.07 Å². The van der Waals surface area contributed by atoms with Gasteiger partial charge < -0.3 is 10.0 Å². The Labute approximate surface area is 108 Å². The van der Waals surface area contributed by atoms with E-state index >= 15 is 0 Å². The van der Waals surface area contributed by atoms with Gasteiger partial charge in [0.05, 0.1) is 11.4 Å². The van der Waals surface area contributed by atoms with Crippen LogP contribution in [0.5, 0.6) is 0 Å². The largest absolute Gasteiger partial charge is 0.396 e. The van der Waals surface area contributed by atoms with Crippen molar-refractivity contribution in [2.24, 2.45) is 0 Å². The summed E-state index contributed by atoms with van der Waals surface area (Å²) in [6, 6.07) is 5.41. The topological polar surface area (TPSA) is 69.6 Å². The van der Waals surface area contributed by atoms with E-state index in [-0.39, 0.29) is 18.8 Å². The van der Waals surface area contributed by atoms with Gasteiger partial charge in [-0.25, -0.2) is 8.42 Å². The summed E-state index contributed by atoms with van der Waals surface area (Å²) >= 11 is 0. The quantitative estimate of drug-likeness (QED) is 0.816. The lowest BCUT2D eigenvalue weighted by atomic mass is 10.2. The Morgan fingerprint density at radius 1 is 1.33 bits per heavy atom. The second-order valence-electron chi connectivity index (χ2n) is 4.39. The summed E-state index contributed by atoms with van der Waals surface area (Å²) in [7, 11) is 0.438. The smallest absolute Gasteiger partial charge is 0.232 e. The van der Waals surface area contributed by atoms with E-state index in [9.17, 15) is 8.42 Å². The molecule has 0 bridgehead atoms. The zero-order valence-electron chi connectivity index (χ0n) is 11.0. The number of anilines is 2. The van der Waals surface area contributed by atoms with Crippen LogP contribution in [0.15, 0.2) is 18.2 Å². The van der Waals surface area contributed by atoms with E-state index in [4.69, 9.17) is 5.11 Å². The number of benzene rings is 1. The Kier molecular flexibility index (Phi) is 4.98. The maximum atomic E-state index is 11.7. The highest BCUT2D eigenvalue weighted by Crippen LogP contribution is 2.23. The molecule has 0 heterocycles. The van der Waals surface area contributed by atoms with Crippen LogP contribution in [0.2, 0.25) is 0 Å². The summed E-state index contributed by atoms with van der Waals surface area (Å²) in [5, 5.41) is 8.65. The number of aliphatic hydroxyl groups excluding tert-OH is 1. The molecule has 0 atom stereocenters. The summed E-state index contributed by atoms with van der Waals surface area (Å²) in [6.45, 7) is 1.84. The molecule has 1 aromatic carbocycles. The Hall–Kier alpha value is -1.27. The molecular weight excluding hydrogens is 252 g/mol. The van der Waals surface area contributed by atoms with Gasteiger partial charge in [-0.05, 0) is 31.0 Å². The minimum absolute atomic E-state index is 0.0747. The number of nitrogens with zero attached hydrogens (tertiary/aromatic N) is 1. The van der Waals surface area contributed by atoms with Crippen LogP contribution in [0.1, 0.15) is 12.0 Å². The van der Waals surface area contributed by atoms with Crippen molar-refractivity contribution in [3.63, 3.8) is 0 Å². The molecule has 0 saturated heterocycles. The molecule has 5 nitrogen and oxygen atoms in total. The first kappa shape index (κ1) is 14.8. The average Bonchev–Trinajstić information content (AvgIpc) is 2.28. The van der Waals surface area contributed by atoms with E-state index in [1.54, 1.807) is 12.1 Å². The first-order valence-electron chi connectivity index (χ1n) is 5.75. The molecule has 0 aliphatic carbocycles. The molecule has 1 rings (SSSR count). The molecule has 0 aliphatic heterocycles. The van der Waals surface area contributed by atoms with Gasteiger partial charge in [-0.2, -0.15) is 0 Å². The van der Waals surface area contributed by atoms with E-state index in [0.717, 1.165) is 11.3 Å². The first-order valence-corrected chi connectivity index (χ1v) is 7.40. The van der Waals surface area contributed by atoms with E-state index in [1.807, 2.05) is 32.0 Å². The fourth-order valence-electron chi connectivity index (χ4n) is 1.64. The van der Waals surface area contributed by atoms with Gasteiger partial charge in [0.1, 0.15) is 0 Å². The van der Waals surface area contributed by atoms with Gasteiger partial charge in [0.25, 0.3) is 0 Å². The van der Waals surface area contributed by atoms with Crippen molar-refractivity contribution in [2.75, 3.05) is 36.1 Å². The summed E-state index contributed by atoms with van der Waals surface area (Å²) < 4.78 is 25.9. The third-order valence-electron chi connectivity index (χ3n) is 2.54. The standard InChI is InChI=1S/C12H20N2O3S/c1-10-5-6-11(9-12(10)14(2)3)13-18(16,17)8-4-7-15/h5-6,9,13,15H,4,7-8H2,1-3H3. The second-order valence-corrected chi connectivity index (χ2v) is 6.24. The fraction of sp³-hybridized carbons (Fsp3) is 0.500. The lowest BCUT2D eigenvalue weighted by molar-refractivity contribution is 0.295. The predicted molar refractivity (Wildman–Crippen MR) is 74.6 cm³/mol. The zero-order chi connectivity index (χ0) is 13.8. The molecule has 2 N–H and O–H groups in total. The summed E-state index contributed by atoms with van der Waals surface area (Å²) in [6.07, 6.45) is 0.238. The predicted octanol–water partition coefficient (Wildman–Crippen LogP) is 1.19. The van der Waals surface area contributed by atoms with Crippen LogP contribution in [0.3, 0.4) is 0 Å². The lowest BCUT2D eigenvalue weighted by Crippen LogP contribution is -2.18. The molecule has 0 saturated carbocycles. The average molecular weight is 272 g/mol. The molecule has 6 heteroatoms. The van der Waals surface area contributed by atoms with Crippen LogP contribution in [-0.4, -0.2) is 40.0 Å². The highest BCUT2D eigenvalue weighted by molar-refractivity contribution is 7.92. The Morgan fingerprint density at radius 2 is 2.00 bits per heavy atom. The van der Waals surface area contributed by atoms with E-state index in [2.05, 4.69) is 4.72 Å². The number of sulfonamides is 1. The van der Waals surface area contributed by atoms with E-state index in [1.165, 1.54) is 0 Å². The van der Waals surface area contributed by atoms with Crippen LogP contribution < -0.4 is 9.62 Å². The first-order chi connectivity index (χ1) is 8.35. The van der Waals surface area contributed by atoms with Gasteiger partial charge in [0, 0.05) is 26.4 Å². The molecule has 0 amide bonds. The van der Waals surface area contributed by atoms with Gasteiger partial charge in [-0.15, -0.1) is 0 Å². The van der Waals surface area contributed by atoms with Gasteiger partial charge in [-0.3, -0.25) is 4.72 Å². The van der Waals surface area contributed by atoms with Gasteiger partial charge in [0.15, 0.2) is 0 Å². The van der Waals surface area contributed by atoms with Crippen molar-refractivity contribution in [3.05, 3.63) is 23.8 Å². The van der Waals surface area contributed by atoms with Crippen molar-refractivity contribution >= 4 is 21.4 Å². The van der Waals surface area contributed by atoms with Crippen molar-refractivity contribution in [3.8, 4) is 0 Å². The van der Waals surface area contributed by atoms with Crippen LogP contribution >= 0.6 is 0 Å². The number of aliphatic hydroxyl groups is 1. The van der Waals surface area contributed by atoms with Crippen LogP contribution in [0, 0.1) is 6.92 Å². The van der Waals surface area contributed by atoms with Crippen LogP contribution in [0.4, 0.5) is 11.4 Å². The Balaban J connectivity index is 2.89. The highest BCUT2D eigenvalue weighted by Gasteiger charge is 2.11. The molecule has 0 aliphatic rings. The molecule has 1 aromatic rings. The van der Waals surface area contributed by atoms with Crippen LogP contribution in [0.25, 0.3) is 0 Å². The Morgan fingerprint density at radius 3 is 2.56 bits per heavy atom. The minimum Gasteiger partial charge on any atom is -0.396 e. The normalized spacial score (nSPS) is 11.3. The van der Waals surface area contributed by atoms with E-state index in [0.29, 0.717) is 5.69 Å². The van der Waals surface area contributed by atoms with Crippen molar-refractivity contribution < 1.29 is 13.5 Å². The van der Waals surface area contributed by atoms with E-state index < -0.39 is 10.0 Å². The molecule has 0 spiro atoms. The number of nitrogens with one attached hydrogen (secondary N) is 1. The van der Waals surface area contributed by atoms with Gasteiger partial charge in [0.2, 0.25) is 10.0 Å². The monoisotopic (exact) mass is 272 g/mol. The van der Waals surface area contributed by atoms with Crippen molar-refractivity contribution in [1.82, 2.24) is 0 Å². The number of aryl methyl sites for hydroxylation is 1. The van der Waals surface area contributed by atoms with Crippen LogP contribution in [-0.2, 0) is 10.0 Å². The molecular formula is C12H20N2O3S. The summed E-state index contributed by atoms with van der Waals surface area (Å²) in [5.41, 5.74) is 2.60. The van der Waals surface area contributed by atoms with Crippen molar-refractivity contribution in [1.29, 1.82) is 0 Å². The fourth-order valence-corrected chi connectivity index (χ4v) is 2.74. The number of rotatable bonds is 6. The number of hydrogen-bond donors (Lipinski definition) is 2. The molecule has 18 heavy (non-hydrogen) atoms. The lowest BCUT2D eigenvalue weighted by Gasteiger charge is -2.17. The summed E-state index contributed by atoms with van der Waals surface area (Å²) in [5.74, 6) is -0.0747. The Bertz CT molecular complexity index is 498. The maximum Gasteiger partial charge on any atom is 0.232 e. The zero-order valence-corrected chi connectivity index (χ0v) is 11.8. The minimum atomic E-state index is -3.38. The van der Waals surface area contributed by atoms with Gasteiger partial charge >= 0.3 is 0 Å². The third-order valence-corrected chi connectivity index (χ3v) is 3.91. The number of hydrogen-bond acceptors (Lipinski definition) is 4. The molecule has 0 aromatic heterocycles. The highest BCUT2D eigenvalue weighted by atomic mass is 32.2. The SMILES string of the molecule is Cc1ccc(NS(=O)(=O)CCCO)cc1N(C)C. The summed E-state index contributed by atoms with van der Waals surface area (Å²) in [4.78, 5) is 1.93. The second kappa shape index (κ2) is 6.06. The molecule has 0 radical (unpaired) electrons. The molecule has 0 unspecified atom stereocenters. The maximum absolute atomic E-state index is 11.7.